The summed E-state index contributed by atoms with van der Waals surface area (Å²) in [7, 11) is 0. The number of anilines is 3. The van der Waals surface area contributed by atoms with Crippen LogP contribution in [0.2, 0.25) is 0 Å². The van der Waals surface area contributed by atoms with E-state index in [0.29, 0.717) is 0 Å². The van der Waals surface area contributed by atoms with Gasteiger partial charge in [0.15, 0.2) is 5.58 Å². The van der Waals surface area contributed by atoms with Gasteiger partial charge in [-0.15, -0.1) is 0 Å². The largest absolute Gasteiger partial charge is 0.458 e. The highest BCUT2D eigenvalue weighted by atomic mass is 16.5. The van der Waals surface area contributed by atoms with Crippen molar-refractivity contribution < 1.29 is 13.9 Å². The summed E-state index contributed by atoms with van der Waals surface area (Å²) >= 11 is 0. The molecule has 272 valence electrons. The van der Waals surface area contributed by atoms with Gasteiger partial charge in [0.2, 0.25) is 0 Å². The molecule has 0 bridgehead atoms. The van der Waals surface area contributed by atoms with Gasteiger partial charge in [-0.2, -0.15) is 0 Å². The first-order valence-corrected chi connectivity index (χ1v) is 19.6. The van der Waals surface area contributed by atoms with Crippen molar-refractivity contribution in [3.63, 3.8) is 0 Å². The summed E-state index contributed by atoms with van der Waals surface area (Å²) in [6.07, 6.45) is 0. The smallest absolute Gasteiger partial charge is 0.260 e. The number of nitrogens with zero attached hydrogens (tertiary/aromatic N) is 1. The fourth-order valence-corrected chi connectivity index (χ4v) is 8.85. The van der Waals surface area contributed by atoms with E-state index in [0.717, 1.165) is 101 Å². The van der Waals surface area contributed by atoms with Crippen LogP contribution in [0.4, 0.5) is 17.1 Å². The summed E-state index contributed by atoms with van der Waals surface area (Å²) in [5.41, 5.74) is 13.4. The zero-order valence-corrected chi connectivity index (χ0v) is 32.0. The fraction of sp³-hybridized carbons (Fsp3) is 0.0769. The second-order valence-corrected chi connectivity index (χ2v) is 16.1. The highest BCUT2D eigenvalue weighted by Crippen LogP contribution is 2.48. The third-order valence-electron chi connectivity index (χ3n) is 11.5. The molecule has 0 atom stereocenters. The molecule has 0 fully saturated rings. The number of hydrogen-bond donors (Lipinski definition) is 0. The van der Waals surface area contributed by atoms with Crippen LogP contribution in [0.5, 0.6) is 23.0 Å². The molecule has 5 heteroatoms. The molecule has 0 spiro atoms. The molecule has 1 aromatic heterocycles. The number of rotatable bonds is 5. The van der Waals surface area contributed by atoms with Gasteiger partial charge in [-0.1, -0.05) is 154 Å². The van der Waals surface area contributed by atoms with Gasteiger partial charge >= 0.3 is 0 Å². The molecule has 4 nitrogen and oxygen atoms in total. The van der Waals surface area contributed by atoms with E-state index in [1.165, 1.54) is 5.56 Å². The lowest BCUT2D eigenvalue weighted by Crippen LogP contribution is -2.57. The summed E-state index contributed by atoms with van der Waals surface area (Å²) < 4.78 is 20.8. The maximum absolute atomic E-state index is 7.06. The van der Waals surface area contributed by atoms with Crippen LogP contribution >= 0.6 is 0 Å². The lowest BCUT2D eigenvalue weighted by Gasteiger charge is -2.36. The molecule has 0 N–H and O–H groups in total. The van der Waals surface area contributed by atoms with E-state index >= 15 is 0 Å². The van der Waals surface area contributed by atoms with Crippen LogP contribution in [0.3, 0.4) is 0 Å². The monoisotopic (exact) mass is 735 g/mol. The van der Waals surface area contributed by atoms with Crippen molar-refractivity contribution >= 4 is 62.1 Å². The van der Waals surface area contributed by atoms with E-state index < -0.39 is 0 Å². The number of hydrogen-bond acceptors (Lipinski definition) is 4. The van der Waals surface area contributed by atoms with Crippen LogP contribution < -0.4 is 30.8 Å². The van der Waals surface area contributed by atoms with Gasteiger partial charge in [-0.3, -0.25) is 0 Å². The molecule has 0 unspecified atom stereocenters. The van der Waals surface area contributed by atoms with Crippen molar-refractivity contribution in [1.82, 2.24) is 0 Å². The van der Waals surface area contributed by atoms with E-state index in [4.69, 9.17) is 13.9 Å². The predicted octanol–water partition coefficient (Wildman–Crippen LogP) is 12.4. The minimum Gasteiger partial charge on any atom is -0.458 e. The molecule has 11 rings (SSSR count). The Morgan fingerprint density at radius 2 is 1.00 bits per heavy atom. The van der Waals surface area contributed by atoms with Gasteiger partial charge in [-0.05, 0) is 74.5 Å². The third-order valence-corrected chi connectivity index (χ3v) is 11.5. The van der Waals surface area contributed by atoms with Crippen molar-refractivity contribution in [2.45, 2.75) is 26.2 Å². The van der Waals surface area contributed by atoms with Gasteiger partial charge in [0.1, 0.15) is 28.6 Å². The van der Waals surface area contributed by atoms with Gasteiger partial charge in [0.05, 0.1) is 11.4 Å². The van der Waals surface area contributed by atoms with E-state index in [-0.39, 0.29) is 12.1 Å². The molecule has 2 aliphatic rings. The van der Waals surface area contributed by atoms with Crippen LogP contribution in [0.1, 0.15) is 26.3 Å². The first kappa shape index (κ1) is 33.4. The first-order chi connectivity index (χ1) is 27.9. The highest BCUT2D eigenvalue weighted by Gasteiger charge is 2.41. The zero-order chi connectivity index (χ0) is 38.3. The average molecular weight is 736 g/mol. The predicted molar refractivity (Wildman–Crippen MR) is 236 cm³/mol. The van der Waals surface area contributed by atoms with E-state index in [1.807, 2.05) is 12.1 Å². The molecule has 9 aromatic rings. The van der Waals surface area contributed by atoms with Crippen LogP contribution in [0, 0.1) is 0 Å². The van der Waals surface area contributed by atoms with Crippen molar-refractivity contribution in [3.05, 3.63) is 181 Å². The number of furan rings is 1. The molecule has 0 saturated carbocycles. The molecule has 0 saturated heterocycles. The topological polar surface area (TPSA) is 34.8 Å². The van der Waals surface area contributed by atoms with Crippen molar-refractivity contribution in [2.75, 3.05) is 4.90 Å². The molecular weight excluding hydrogens is 697 g/mol. The van der Waals surface area contributed by atoms with Crippen molar-refractivity contribution in [3.8, 4) is 45.3 Å². The lowest BCUT2D eigenvalue weighted by molar-refractivity contribution is 0.465. The summed E-state index contributed by atoms with van der Waals surface area (Å²) in [5.74, 6) is 3.24. The number of fused-ring (bicyclic) bond motifs is 7. The Morgan fingerprint density at radius 1 is 0.456 bits per heavy atom. The highest BCUT2D eigenvalue weighted by molar-refractivity contribution is 6.98. The van der Waals surface area contributed by atoms with Gasteiger partial charge in [0.25, 0.3) is 6.71 Å². The molecule has 0 radical (unpaired) electrons. The number of benzene rings is 8. The Bertz CT molecular complexity index is 2900. The lowest BCUT2D eigenvalue weighted by atomic mass is 9.34. The molecule has 57 heavy (non-hydrogen) atoms. The van der Waals surface area contributed by atoms with Gasteiger partial charge in [0, 0.05) is 34.1 Å². The Kier molecular flexibility index (Phi) is 7.49. The number of ether oxygens (including phenoxy) is 2. The first-order valence-electron chi connectivity index (χ1n) is 19.6. The summed E-state index contributed by atoms with van der Waals surface area (Å²) in [6.45, 7) is 6.71. The fourth-order valence-electron chi connectivity index (χ4n) is 8.85. The van der Waals surface area contributed by atoms with Crippen LogP contribution in [0.15, 0.2) is 180 Å². The zero-order valence-electron chi connectivity index (χ0n) is 32.0. The minimum absolute atomic E-state index is 0.0830. The Balaban J connectivity index is 1.17. The minimum atomic E-state index is -0.156. The third kappa shape index (κ3) is 5.45. The maximum Gasteiger partial charge on any atom is 0.260 e. The van der Waals surface area contributed by atoms with Gasteiger partial charge in [-0.25, -0.2) is 0 Å². The molecule has 3 heterocycles. The Morgan fingerprint density at radius 3 is 1.63 bits per heavy atom. The standard InChI is InChI=1S/C52H38BNO3/c1-52(2,3)40-21-11-12-22-43(40)54(44-23-14-20-39-38-19-10-13-24-45(38)57-51(39)44)37-31-48-50-49(32-37)56-47-30-36(34-17-8-5-9-18-34)26-28-42(47)53(50)41-27-25-35(29-46(41)55-48)33-15-6-4-7-16-33/h4-32H,1-3H3. The second-order valence-electron chi connectivity index (χ2n) is 16.1. The normalized spacial score (nSPS) is 12.7. The Labute approximate surface area is 332 Å². The van der Waals surface area contributed by atoms with E-state index in [1.54, 1.807) is 0 Å². The molecule has 0 aliphatic carbocycles. The van der Waals surface area contributed by atoms with Gasteiger partial charge < -0.3 is 18.8 Å². The van der Waals surface area contributed by atoms with Crippen molar-refractivity contribution in [2.24, 2.45) is 0 Å². The van der Waals surface area contributed by atoms with Crippen LogP contribution in [-0.2, 0) is 5.41 Å². The van der Waals surface area contributed by atoms with Crippen LogP contribution in [-0.4, -0.2) is 6.71 Å². The average Bonchev–Trinajstić information content (AvgIpc) is 3.63. The molecule has 8 aromatic carbocycles. The van der Waals surface area contributed by atoms with Crippen molar-refractivity contribution in [1.29, 1.82) is 0 Å². The van der Waals surface area contributed by atoms with E-state index in [9.17, 15) is 0 Å². The molecule has 0 amide bonds. The summed E-state index contributed by atoms with van der Waals surface area (Å²) in [6, 6.07) is 62.0. The maximum atomic E-state index is 7.06. The summed E-state index contributed by atoms with van der Waals surface area (Å²) in [5, 5.41) is 2.16. The molecule has 2 aliphatic heterocycles. The summed E-state index contributed by atoms with van der Waals surface area (Å²) in [4.78, 5) is 2.33. The number of para-hydroxylation sites is 3. The Hall–Kier alpha value is -6.98. The quantitative estimate of drug-likeness (QED) is 0.165. The van der Waals surface area contributed by atoms with E-state index in [2.05, 4.69) is 189 Å². The van der Waals surface area contributed by atoms with Crippen LogP contribution in [0.25, 0.3) is 44.2 Å². The second kappa shape index (κ2) is 12.8. The molecular formula is C52H38BNO3. The SMILES string of the molecule is CC(C)(C)c1ccccc1N(c1cc2c3c(c1)Oc1cc(-c4ccccc4)ccc1B3c1ccc(-c3ccccc3)cc1O2)c1cccc2c1oc1ccccc12.